The number of aromatic nitrogens is 1. The smallest absolute Gasteiger partial charge is 0.0501 e. The van der Waals surface area contributed by atoms with Crippen LogP contribution in [0.2, 0.25) is 0 Å². The van der Waals surface area contributed by atoms with E-state index in [9.17, 15) is 0 Å². The number of anilines is 1. The number of rotatable bonds is 4. The molecule has 13 heavy (non-hydrogen) atoms. The zero-order chi connectivity index (χ0) is 9.68. The molecule has 0 bridgehead atoms. The molecule has 1 unspecified atom stereocenters. The summed E-state index contributed by atoms with van der Waals surface area (Å²) in [5, 5.41) is 0. The summed E-state index contributed by atoms with van der Waals surface area (Å²) in [6.45, 7) is 4.42. The van der Waals surface area contributed by atoms with Crippen LogP contribution in [0.15, 0.2) is 18.3 Å². The van der Waals surface area contributed by atoms with E-state index in [-0.39, 0.29) is 0 Å². The maximum absolute atomic E-state index is 5.58. The molecule has 0 aliphatic carbocycles. The summed E-state index contributed by atoms with van der Waals surface area (Å²) in [5.74, 6) is 0.602. The summed E-state index contributed by atoms with van der Waals surface area (Å²) in [7, 11) is 0. The minimum atomic E-state index is 0.602. The Balaban J connectivity index is 2.73. The van der Waals surface area contributed by atoms with Crippen LogP contribution in [0.4, 0.5) is 5.69 Å². The molecule has 1 aromatic heterocycles. The summed E-state index contributed by atoms with van der Waals surface area (Å²) in [6.07, 6.45) is 5.33. The number of hydrogen-bond donors (Lipinski definition) is 1. The van der Waals surface area contributed by atoms with Crippen molar-refractivity contribution in [3.8, 4) is 0 Å². The molecule has 0 fully saturated rings. The zero-order valence-corrected chi connectivity index (χ0v) is 8.46. The van der Waals surface area contributed by atoms with Crippen molar-refractivity contribution >= 4 is 5.69 Å². The molecular weight excluding hydrogens is 160 g/mol. The van der Waals surface area contributed by atoms with E-state index in [1.54, 1.807) is 6.20 Å². The van der Waals surface area contributed by atoms with Crippen LogP contribution in [0.25, 0.3) is 0 Å². The molecule has 0 radical (unpaired) electrons. The number of nitrogens with two attached hydrogens (primary N) is 1. The largest absolute Gasteiger partial charge is 0.397 e. The molecule has 2 heteroatoms. The van der Waals surface area contributed by atoms with Gasteiger partial charge in [0.2, 0.25) is 0 Å². The van der Waals surface area contributed by atoms with Gasteiger partial charge >= 0.3 is 0 Å². The first-order valence-corrected chi connectivity index (χ1v) is 4.99. The molecule has 0 aliphatic heterocycles. The lowest BCUT2D eigenvalue weighted by Crippen LogP contribution is -2.00. The van der Waals surface area contributed by atoms with Gasteiger partial charge in [-0.1, -0.05) is 20.3 Å². The average molecular weight is 178 g/mol. The van der Waals surface area contributed by atoms with E-state index in [0.717, 1.165) is 12.1 Å². The highest BCUT2D eigenvalue weighted by molar-refractivity contribution is 5.35. The third-order valence-corrected chi connectivity index (χ3v) is 2.36. The molecule has 72 valence electrons. The maximum Gasteiger partial charge on any atom is 0.0501 e. The third-order valence-electron chi connectivity index (χ3n) is 2.36. The maximum atomic E-state index is 5.58. The summed E-state index contributed by atoms with van der Waals surface area (Å²) in [6, 6.07) is 3.97. The van der Waals surface area contributed by atoms with Gasteiger partial charge in [0.25, 0.3) is 0 Å². The Morgan fingerprint density at radius 1 is 1.38 bits per heavy atom. The van der Waals surface area contributed by atoms with Gasteiger partial charge in [0.15, 0.2) is 0 Å². The lowest BCUT2D eigenvalue weighted by molar-refractivity contribution is 0.581. The van der Waals surface area contributed by atoms with Crippen LogP contribution in [0.5, 0.6) is 0 Å². The van der Waals surface area contributed by atoms with Gasteiger partial charge in [0, 0.05) is 11.6 Å². The Morgan fingerprint density at radius 2 is 2.15 bits per heavy atom. The molecule has 1 atom stereocenters. The van der Waals surface area contributed by atoms with Crippen LogP contribution in [0, 0.1) is 0 Å². The Kier molecular flexibility index (Phi) is 3.74. The van der Waals surface area contributed by atoms with Crippen molar-refractivity contribution < 1.29 is 0 Å². The molecule has 0 spiro atoms. The predicted octanol–water partition coefficient (Wildman–Crippen LogP) is 2.96. The lowest BCUT2D eigenvalue weighted by Gasteiger charge is -2.12. The summed E-state index contributed by atoms with van der Waals surface area (Å²) in [4.78, 5) is 4.34. The van der Waals surface area contributed by atoms with Crippen LogP contribution in [-0.4, -0.2) is 4.98 Å². The fourth-order valence-corrected chi connectivity index (χ4v) is 1.57. The Bertz CT molecular complexity index is 241. The van der Waals surface area contributed by atoms with E-state index in [4.69, 9.17) is 5.73 Å². The average Bonchev–Trinajstić information content (AvgIpc) is 2.16. The Hall–Kier alpha value is -1.05. The molecule has 1 aromatic rings. The lowest BCUT2D eigenvalue weighted by atomic mass is 9.96. The van der Waals surface area contributed by atoms with Crippen LogP contribution in [0.3, 0.4) is 0 Å². The molecule has 0 aliphatic rings. The molecule has 1 heterocycles. The van der Waals surface area contributed by atoms with E-state index in [0.29, 0.717) is 5.92 Å². The van der Waals surface area contributed by atoms with Gasteiger partial charge in [-0.3, -0.25) is 4.98 Å². The number of hydrogen-bond acceptors (Lipinski definition) is 2. The van der Waals surface area contributed by atoms with E-state index in [2.05, 4.69) is 18.8 Å². The van der Waals surface area contributed by atoms with Gasteiger partial charge in [-0.25, -0.2) is 0 Å². The van der Waals surface area contributed by atoms with Gasteiger partial charge in [0.1, 0.15) is 0 Å². The Morgan fingerprint density at radius 3 is 2.62 bits per heavy atom. The van der Waals surface area contributed by atoms with Gasteiger partial charge in [0.05, 0.1) is 11.9 Å². The fourth-order valence-electron chi connectivity index (χ4n) is 1.57. The van der Waals surface area contributed by atoms with Crippen LogP contribution < -0.4 is 5.73 Å². The molecule has 0 saturated heterocycles. The van der Waals surface area contributed by atoms with E-state index < -0.39 is 0 Å². The van der Waals surface area contributed by atoms with Crippen molar-refractivity contribution in [1.82, 2.24) is 4.98 Å². The van der Waals surface area contributed by atoms with Crippen LogP contribution in [0.1, 0.15) is 44.7 Å². The summed E-state index contributed by atoms with van der Waals surface area (Å²) >= 11 is 0. The van der Waals surface area contributed by atoms with Crippen molar-refractivity contribution in [1.29, 1.82) is 0 Å². The van der Waals surface area contributed by atoms with Gasteiger partial charge in [-0.05, 0) is 25.0 Å². The predicted molar refractivity (Wildman–Crippen MR) is 56.6 cm³/mol. The van der Waals surface area contributed by atoms with Crippen molar-refractivity contribution in [2.45, 2.75) is 39.0 Å². The molecule has 2 nitrogen and oxygen atoms in total. The first-order valence-electron chi connectivity index (χ1n) is 4.99. The minimum Gasteiger partial charge on any atom is -0.397 e. The van der Waals surface area contributed by atoms with Gasteiger partial charge in [-0.15, -0.1) is 0 Å². The highest BCUT2D eigenvalue weighted by Crippen LogP contribution is 2.22. The second-order valence-electron chi connectivity index (χ2n) is 3.41. The Labute approximate surface area is 80.2 Å². The highest BCUT2D eigenvalue weighted by atomic mass is 14.7. The van der Waals surface area contributed by atoms with Crippen molar-refractivity contribution in [3.05, 3.63) is 24.0 Å². The van der Waals surface area contributed by atoms with Crippen molar-refractivity contribution in [3.63, 3.8) is 0 Å². The molecule has 0 amide bonds. The van der Waals surface area contributed by atoms with Gasteiger partial charge < -0.3 is 5.73 Å². The molecular formula is C11H18N2. The SMILES string of the molecule is CCCC(CC)c1ccc(N)cn1. The molecule has 2 N–H and O–H groups in total. The molecule has 0 saturated carbocycles. The standard InChI is InChI=1S/C11H18N2/c1-3-5-9(4-2)11-7-6-10(12)8-13-11/h6-9H,3-5,12H2,1-2H3. The van der Waals surface area contributed by atoms with Gasteiger partial charge in [-0.2, -0.15) is 0 Å². The first-order chi connectivity index (χ1) is 6.27. The third kappa shape index (κ3) is 2.72. The van der Waals surface area contributed by atoms with E-state index >= 15 is 0 Å². The summed E-state index contributed by atoms with van der Waals surface area (Å²) < 4.78 is 0. The highest BCUT2D eigenvalue weighted by Gasteiger charge is 2.08. The number of pyridine rings is 1. The zero-order valence-electron chi connectivity index (χ0n) is 8.46. The quantitative estimate of drug-likeness (QED) is 0.769. The fraction of sp³-hybridized carbons (Fsp3) is 0.545. The topological polar surface area (TPSA) is 38.9 Å². The summed E-state index contributed by atoms with van der Waals surface area (Å²) in [5.41, 5.74) is 7.50. The van der Waals surface area contributed by atoms with E-state index in [1.165, 1.54) is 18.5 Å². The van der Waals surface area contributed by atoms with Crippen LogP contribution >= 0.6 is 0 Å². The number of nitrogens with zero attached hydrogens (tertiary/aromatic N) is 1. The molecule has 0 aromatic carbocycles. The second-order valence-corrected chi connectivity index (χ2v) is 3.41. The monoisotopic (exact) mass is 178 g/mol. The first kappa shape index (κ1) is 10.0. The van der Waals surface area contributed by atoms with Crippen molar-refractivity contribution in [2.75, 3.05) is 5.73 Å². The number of nitrogen functional groups attached to an aromatic ring is 1. The van der Waals surface area contributed by atoms with Crippen molar-refractivity contribution in [2.24, 2.45) is 0 Å². The van der Waals surface area contributed by atoms with E-state index in [1.807, 2.05) is 12.1 Å². The normalized spacial score (nSPS) is 12.8. The minimum absolute atomic E-state index is 0.602. The molecule has 1 rings (SSSR count). The second kappa shape index (κ2) is 4.85. The van der Waals surface area contributed by atoms with Crippen LogP contribution in [-0.2, 0) is 0 Å².